The van der Waals surface area contributed by atoms with Gasteiger partial charge in [0.25, 0.3) is 11.8 Å². The van der Waals surface area contributed by atoms with Crippen molar-refractivity contribution in [2.24, 2.45) is 0 Å². The van der Waals surface area contributed by atoms with Gasteiger partial charge in [-0.25, -0.2) is 4.98 Å². The van der Waals surface area contributed by atoms with Gasteiger partial charge in [0.1, 0.15) is 5.69 Å². The molecule has 0 fully saturated rings. The Bertz CT molecular complexity index is 1250. The number of benzene rings is 3. The molecule has 0 aliphatic heterocycles. The van der Waals surface area contributed by atoms with Crippen LogP contribution in [-0.2, 0) is 13.0 Å². The number of hydrogen-bond acceptors (Lipinski definition) is 3. The van der Waals surface area contributed by atoms with Crippen LogP contribution in [-0.4, -0.2) is 21.4 Å². The zero-order chi connectivity index (χ0) is 23.2. The van der Waals surface area contributed by atoms with E-state index in [1.54, 1.807) is 36.8 Å². The van der Waals surface area contributed by atoms with E-state index in [-0.39, 0.29) is 11.8 Å². The first-order valence-corrected chi connectivity index (χ1v) is 11.0. The minimum Gasteiger partial charge on any atom is -0.332 e. The fourth-order valence-corrected chi connectivity index (χ4v) is 3.42. The summed E-state index contributed by atoms with van der Waals surface area (Å²) in [4.78, 5) is 29.0. The molecule has 0 aliphatic rings. The fourth-order valence-electron chi connectivity index (χ4n) is 3.29. The number of nitrogens with one attached hydrogen (secondary N) is 2. The second kappa shape index (κ2) is 10.1. The van der Waals surface area contributed by atoms with Gasteiger partial charge in [-0.05, 0) is 66.1 Å². The van der Waals surface area contributed by atoms with E-state index in [2.05, 4.69) is 22.5 Å². The van der Waals surface area contributed by atoms with Crippen molar-refractivity contribution in [3.8, 4) is 0 Å². The summed E-state index contributed by atoms with van der Waals surface area (Å²) in [6.45, 7) is 2.64. The third-order valence-corrected chi connectivity index (χ3v) is 5.42. The third-order valence-electron chi connectivity index (χ3n) is 5.17. The molecule has 0 radical (unpaired) electrons. The standard InChI is InChI=1S/C26H23ClN4O2/c1-2-18-3-11-23(12-4-18)30-26(33)24-16-31(17-28-24)15-19-5-13-22(14-6-19)29-25(32)20-7-9-21(27)10-8-20/h3-14,16-17H,2,15H2,1H3,(H,29,32)(H,30,33). The molecule has 2 amide bonds. The van der Waals surface area contributed by atoms with E-state index >= 15 is 0 Å². The zero-order valence-corrected chi connectivity index (χ0v) is 18.8. The Balaban J connectivity index is 1.34. The SMILES string of the molecule is CCc1ccc(NC(=O)c2cn(Cc3ccc(NC(=O)c4ccc(Cl)cc4)cc3)cn2)cc1. The van der Waals surface area contributed by atoms with Gasteiger partial charge in [0, 0.05) is 34.7 Å². The molecule has 166 valence electrons. The van der Waals surface area contributed by atoms with E-state index in [0.29, 0.717) is 28.5 Å². The molecule has 3 aromatic carbocycles. The monoisotopic (exact) mass is 458 g/mol. The van der Waals surface area contributed by atoms with Gasteiger partial charge >= 0.3 is 0 Å². The van der Waals surface area contributed by atoms with Gasteiger partial charge in [0.15, 0.2) is 0 Å². The van der Waals surface area contributed by atoms with E-state index in [1.165, 1.54) is 5.56 Å². The molecule has 0 bridgehead atoms. The Morgan fingerprint density at radius 3 is 2.00 bits per heavy atom. The van der Waals surface area contributed by atoms with Crippen LogP contribution in [0.3, 0.4) is 0 Å². The molecule has 0 aliphatic carbocycles. The molecule has 4 rings (SSSR count). The number of aromatic nitrogens is 2. The molecule has 33 heavy (non-hydrogen) atoms. The number of aryl methyl sites for hydroxylation is 1. The highest BCUT2D eigenvalue weighted by atomic mass is 35.5. The number of carbonyl (C=O) groups excluding carboxylic acids is 2. The number of nitrogens with zero attached hydrogens (tertiary/aromatic N) is 2. The average molecular weight is 459 g/mol. The van der Waals surface area contributed by atoms with Gasteiger partial charge in [-0.2, -0.15) is 0 Å². The first-order chi connectivity index (χ1) is 16.0. The summed E-state index contributed by atoms with van der Waals surface area (Å²) in [5, 5.41) is 6.32. The number of carbonyl (C=O) groups is 2. The van der Waals surface area contributed by atoms with Crippen LogP contribution in [0.4, 0.5) is 11.4 Å². The molecular weight excluding hydrogens is 436 g/mol. The maximum atomic E-state index is 12.5. The Labute approximate surface area is 197 Å². The van der Waals surface area contributed by atoms with Crippen LogP contribution < -0.4 is 10.6 Å². The van der Waals surface area contributed by atoms with Crippen molar-refractivity contribution in [3.05, 3.63) is 113 Å². The van der Waals surface area contributed by atoms with Crippen LogP contribution in [0.5, 0.6) is 0 Å². The molecule has 0 unspecified atom stereocenters. The van der Waals surface area contributed by atoms with E-state index < -0.39 is 0 Å². The number of imidazole rings is 1. The van der Waals surface area contributed by atoms with Gasteiger partial charge in [0.05, 0.1) is 6.33 Å². The van der Waals surface area contributed by atoms with Crippen LogP contribution in [0.1, 0.15) is 38.9 Å². The molecule has 0 saturated carbocycles. The molecule has 0 atom stereocenters. The van der Waals surface area contributed by atoms with E-state index in [4.69, 9.17) is 11.6 Å². The van der Waals surface area contributed by atoms with E-state index in [1.807, 2.05) is 53.1 Å². The van der Waals surface area contributed by atoms with Crippen molar-refractivity contribution >= 4 is 34.8 Å². The quantitative estimate of drug-likeness (QED) is 0.375. The lowest BCUT2D eigenvalue weighted by molar-refractivity contribution is 0.101. The largest absolute Gasteiger partial charge is 0.332 e. The topological polar surface area (TPSA) is 76.0 Å². The van der Waals surface area contributed by atoms with E-state index in [0.717, 1.165) is 17.7 Å². The summed E-state index contributed by atoms with van der Waals surface area (Å²) < 4.78 is 1.84. The summed E-state index contributed by atoms with van der Waals surface area (Å²) in [5.74, 6) is -0.452. The van der Waals surface area contributed by atoms with Crippen LogP contribution in [0.25, 0.3) is 0 Å². The Kier molecular flexibility index (Phi) is 6.86. The highest BCUT2D eigenvalue weighted by Gasteiger charge is 2.10. The Morgan fingerprint density at radius 2 is 1.39 bits per heavy atom. The molecule has 1 heterocycles. The fraction of sp³-hybridized carbons (Fsp3) is 0.115. The lowest BCUT2D eigenvalue weighted by atomic mass is 10.1. The van der Waals surface area contributed by atoms with Gasteiger partial charge in [0.2, 0.25) is 0 Å². The van der Waals surface area contributed by atoms with Crippen molar-refractivity contribution in [1.29, 1.82) is 0 Å². The van der Waals surface area contributed by atoms with Crippen molar-refractivity contribution in [2.45, 2.75) is 19.9 Å². The van der Waals surface area contributed by atoms with Crippen molar-refractivity contribution in [3.63, 3.8) is 0 Å². The number of amides is 2. The molecule has 4 aromatic rings. The van der Waals surface area contributed by atoms with Crippen LogP contribution in [0.15, 0.2) is 85.3 Å². The van der Waals surface area contributed by atoms with Crippen LogP contribution in [0.2, 0.25) is 5.02 Å². The minimum atomic E-state index is -0.252. The summed E-state index contributed by atoms with van der Waals surface area (Å²) in [6.07, 6.45) is 4.30. The molecule has 2 N–H and O–H groups in total. The summed E-state index contributed by atoms with van der Waals surface area (Å²) in [6, 6.07) is 22.0. The predicted octanol–water partition coefficient (Wildman–Crippen LogP) is 5.65. The van der Waals surface area contributed by atoms with Crippen LogP contribution >= 0.6 is 11.6 Å². The van der Waals surface area contributed by atoms with Gasteiger partial charge < -0.3 is 15.2 Å². The highest BCUT2D eigenvalue weighted by Crippen LogP contribution is 2.15. The van der Waals surface area contributed by atoms with Crippen molar-refractivity contribution in [2.75, 3.05) is 10.6 Å². The minimum absolute atomic E-state index is 0.200. The van der Waals surface area contributed by atoms with Gasteiger partial charge in [-0.3, -0.25) is 9.59 Å². The third kappa shape index (κ3) is 5.87. The van der Waals surface area contributed by atoms with Gasteiger partial charge in [-0.1, -0.05) is 42.8 Å². The van der Waals surface area contributed by atoms with Crippen molar-refractivity contribution < 1.29 is 9.59 Å². The number of halogens is 1. The second-order valence-corrected chi connectivity index (χ2v) is 8.03. The molecule has 0 saturated heterocycles. The number of anilines is 2. The van der Waals surface area contributed by atoms with Crippen LogP contribution in [0, 0.1) is 0 Å². The lowest BCUT2D eigenvalue weighted by Gasteiger charge is -2.07. The molecule has 0 spiro atoms. The predicted molar refractivity (Wildman–Crippen MR) is 131 cm³/mol. The maximum absolute atomic E-state index is 12.5. The zero-order valence-electron chi connectivity index (χ0n) is 18.1. The maximum Gasteiger partial charge on any atom is 0.275 e. The first kappa shape index (κ1) is 22.3. The Hall–Kier alpha value is -3.90. The summed E-state index contributed by atoms with van der Waals surface area (Å²) in [5.41, 5.74) is 4.55. The Morgan fingerprint density at radius 1 is 0.818 bits per heavy atom. The normalized spacial score (nSPS) is 10.6. The first-order valence-electron chi connectivity index (χ1n) is 10.6. The highest BCUT2D eigenvalue weighted by molar-refractivity contribution is 6.30. The van der Waals surface area contributed by atoms with E-state index in [9.17, 15) is 9.59 Å². The smallest absolute Gasteiger partial charge is 0.275 e. The molecule has 1 aromatic heterocycles. The number of hydrogen-bond donors (Lipinski definition) is 2. The molecule has 7 heteroatoms. The second-order valence-electron chi connectivity index (χ2n) is 7.59. The number of rotatable bonds is 7. The van der Waals surface area contributed by atoms with Gasteiger partial charge in [-0.15, -0.1) is 0 Å². The average Bonchev–Trinajstić information content (AvgIpc) is 3.30. The van der Waals surface area contributed by atoms with Crippen molar-refractivity contribution in [1.82, 2.24) is 9.55 Å². The summed E-state index contributed by atoms with van der Waals surface area (Å²) in [7, 11) is 0. The molecule has 6 nitrogen and oxygen atoms in total. The lowest BCUT2D eigenvalue weighted by Crippen LogP contribution is -2.12. The molecular formula is C26H23ClN4O2. The summed E-state index contributed by atoms with van der Waals surface area (Å²) >= 11 is 5.87.